The van der Waals surface area contributed by atoms with E-state index in [0.29, 0.717) is 0 Å². The third kappa shape index (κ3) is 1.56. The average molecular weight is 191 g/mol. The second-order valence-electron chi connectivity index (χ2n) is 4.10. The second-order valence-corrected chi connectivity index (χ2v) is 4.10. The van der Waals surface area contributed by atoms with Gasteiger partial charge in [-0.3, -0.25) is 0 Å². The molecule has 3 N–H and O–H groups in total. The molecule has 2 nitrogen and oxygen atoms in total. The number of hydrogen-bond acceptors (Lipinski definition) is 2. The Balaban J connectivity index is 2.39. The van der Waals surface area contributed by atoms with Crippen molar-refractivity contribution in [2.75, 3.05) is 0 Å². The molecule has 0 spiro atoms. The molecule has 0 saturated carbocycles. The number of fused-ring (bicyclic) bond motifs is 1. The first-order valence-electron chi connectivity index (χ1n) is 5.24. The van der Waals surface area contributed by atoms with Crippen LogP contribution in [0.1, 0.15) is 36.1 Å². The molecule has 0 fully saturated rings. The van der Waals surface area contributed by atoms with Gasteiger partial charge in [-0.2, -0.15) is 0 Å². The Kier molecular flexibility index (Phi) is 2.57. The lowest BCUT2D eigenvalue weighted by Crippen LogP contribution is -2.24. The SMILES string of the molecule is C[C@H](O)[C@@H](N)c1cccc2c1CCC2. The zero-order chi connectivity index (χ0) is 10.1. The molecule has 0 saturated heterocycles. The van der Waals surface area contributed by atoms with Gasteiger partial charge in [-0.15, -0.1) is 0 Å². The fourth-order valence-electron chi connectivity index (χ4n) is 2.22. The summed E-state index contributed by atoms with van der Waals surface area (Å²) >= 11 is 0. The van der Waals surface area contributed by atoms with Gasteiger partial charge in [0, 0.05) is 0 Å². The third-order valence-electron chi connectivity index (χ3n) is 3.06. The van der Waals surface area contributed by atoms with Gasteiger partial charge < -0.3 is 10.8 Å². The fourth-order valence-corrected chi connectivity index (χ4v) is 2.22. The largest absolute Gasteiger partial charge is 0.391 e. The van der Waals surface area contributed by atoms with Crippen LogP contribution >= 0.6 is 0 Å². The molecule has 1 aliphatic rings. The fraction of sp³-hybridized carbons (Fsp3) is 0.500. The van der Waals surface area contributed by atoms with Crippen molar-refractivity contribution in [3.05, 3.63) is 34.9 Å². The highest BCUT2D eigenvalue weighted by Gasteiger charge is 2.20. The highest BCUT2D eigenvalue weighted by Crippen LogP contribution is 2.29. The molecule has 0 unspecified atom stereocenters. The number of rotatable bonds is 2. The second kappa shape index (κ2) is 3.71. The lowest BCUT2D eigenvalue weighted by molar-refractivity contribution is 0.164. The minimum atomic E-state index is -0.470. The van der Waals surface area contributed by atoms with Gasteiger partial charge in [0.2, 0.25) is 0 Å². The van der Waals surface area contributed by atoms with Gasteiger partial charge >= 0.3 is 0 Å². The predicted octanol–water partition coefficient (Wildman–Crippen LogP) is 1.56. The zero-order valence-corrected chi connectivity index (χ0v) is 8.53. The lowest BCUT2D eigenvalue weighted by atomic mass is 9.95. The summed E-state index contributed by atoms with van der Waals surface area (Å²) in [6, 6.07) is 6.02. The van der Waals surface area contributed by atoms with Crippen molar-refractivity contribution >= 4 is 0 Å². The van der Waals surface area contributed by atoms with Crippen LogP contribution in [0, 0.1) is 0 Å². The van der Waals surface area contributed by atoms with E-state index in [2.05, 4.69) is 6.07 Å². The highest BCUT2D eigenvalue weighted by atomic mass is 16.3. The average Bonchev–Trinajstić information content (AvgIpc) is 2.63. The van der Waals surface area contributed by atoms with E-state index >= 15 is 0 Å². The van der Waals surface area contributed by atoms with Crippen LogP contribution in [-0.4, -0.2) is 11.2 Å². The first kappa shape index (κ1) is 9.69. The van der Waals surface area contributed by atoms with E-state index in [-0.39, 0.29) is 6.04 Å². The van der Waals surface area contributed by atoms with E-state index in [9.17, 15) is 5.11 Å². The van der Waals surface area contributed by atoms with Crippen LogP contribution < -0.4 is 5.73 Å². The maximum atomic E-state index is 9.48. The molecule has 1 aliphatic carbocycles. The molecule has 0 aromatic heterocycles. The van der Waals surface area contributed by atoms with Crippen LogP contribution in [0.15, 0.2) is 18.2 Å². The molecule has 2 atom stereocenters. The highest BCUT2D eigenvalue weighted by molar-refractivity contribution is 5.40. The molecular formula is C12H17NO. The normalized spacial score (nSPS) is 19.1. The first-order valence-corrected chi connectivity index (χ1v) is 5.24. The number of hydrogen-bond donors (Lipinski definition) is 2. The van der Waals surface area contributed by atoms with Crippen LogP contribution in [0.3, 0.4) is 0 Å². The summed E-state index contributed by atoms with van der Waals surface area (Å²) in [5.41, 5.74) is 9.89. The van der Waals surface area contributed by atoms with Gasteiger partial charge in [0.1, 0.15) is 0 Å². The van der Waals surface area contributed by atoms with Crippen molar-refractivity contribution in [2.45, 2.75) is 38.3 Å². The Bertz CT molecular complexity index is 333. The van der Waals surface area contributed by atoms with Crippen LogP contribution in [-0.2, 0) is 12.8 Å². The van der Waals surface area contributed by atoms with E-state index in [0.717, 1.165) is 18.4 Å². The standard InChI is InChI=1S/C12H17NO/c1-8(14)12(13)11-7-3-5-9-4-2-6-10(9)11/h3,5,7-8,12,14H,2,4,6,13H2,1H3/t8-,12+/m0/s1. The minimum absolute atomic E-state index is 0.233. The molecule has 1 aromatic rings. The van der Waals surface area contributed by atoms with Gasteiger partial charge in [-0.1, -0.05) is 18.2 Å². The number of nitrogens with two attached hydrogens (primary N) is 1. The van der Waals surface area contributed by atoms with Gasteiger partial charge in [0.15, 0.2) is 0 Å². The van der Waals surface area contributed by atoms with Crippen LogP contribution in [0.4, 0.5) is 0 Å². The summed E-state index contributed by atoms with van der Waals surface area (Å²) < 4.78 is 0. The monoisotopic (exact) mass is 191 g/mol. The predicted molar refractivity (Wildman–Crippen MR) is 57.1 cm³/mol. The Morgan fingerprint density at radius 1 is 1.36 bits per heavy atom. The van der Waals surface area contributed by atoms with E-state index in [1.165, 1.54) is 17.5 Å². The number of aliphatic hydroxyl groups excluding tert-OH is 1. The van der Waals surface area contributed by atoms with E-state index in [4.69, 9.17) is 5.73 Å². The van der Waals surface area contributed by atoms with Crippen molar-refractivity contribution in [3.8, 4) is 0 Å². The van der Waals surface area contributed by atoms with E-state index in [1.807, 2.05) is 12.1 Å². The van der Waals surface area contributed by atoms with Gasteiger partial charge in [-0.25, -0.2) is 0 Å². The summed E-state index contributed by atoms with van der Waals surface area (Å²) in [6.07, 6.45) is 3.03. The maximum absolute atomic E-state index is 9.48. The molecule has 2 rings (SSSR count). The quantitative estimate of drug-likeness (QED) is 0.745. The van der Waals surface area contributed by atoms with Gasteiger partial charge in [0.05, 0.1) is 12.1 Å². The third-order valence-corrected chi connectivity index (χ3v) is 3.06. The molecule has 14 heavy (non-hydrogen) atoms. The van der Waals surface area contributed by atoms with Gasteiger partial charge in [0.25, 0.3) is 0 Å². The molecule has 76 valence electrons. The first-order chi connectivity index (χ1) is 6.70. The van der Waals surface area contributed by atoms with Crippen molar-refractivity contribution in [1.29, 1.82) is 0 Å². The van der Waals surface area contributed by atoms with Gasteiger partial charge in [-0.05, 0) is 42.9 Å². The molecular weight excluding hydrogens is 174 g/mol. The van der Waals surface area contributed by atoms with Crippen molar-refractivity contribution in [1.82, 2.24) is 0 Å². The molecule has 0 radical (unpaired) electrons. The summed E-state index contributed by atoms with van der Waals surface area (Å²) in [5.74, 6) is 0. The van der Waals surface area contributed by atoms with Crippen LogP contribution in [0.25, 0.3) is 0 Å². The topological polar surface area (TPSA) is 46.2 Å². The van der Waals surface area contributed by atoms with Crippen molar-refractivity contribution in [3.63, 3.8) is 0 Å². The zero-order valence-electron chi connectivity index (χ0n) is 8.53. The minimum Gasteiger partial charge on any atom is -0.391 e. The Labute approximate surface area is 84.7 Å². The number of aliphatic hydroxyl groups is 1. The smallest absolute Gasteiger partial charge is 0.0704 e. The van der Waals surface area contributed by atoms with Crippen molar-refractivity contribution < 1.29 is 5.11 Å². The maximum Gasteiger partial charge on any atom is 0.0704 e. The summed E-state index contributed by atoms with van der Waals surface area (Å²) in [6.45, 7) is 1.75. The summed E-state index contributed by atoms with van der Waals surface area (Å²) in [7, 11) is 0. The molecule has 0 bridgehead atoms. The van der Waals surface area contributed by atoms with E-state index < -0.39 is 6.10 Å². The molecule has 1 aromatic carbocycles. The summed E-state index contributed by atoms with van der Waals surface area (Å²) in [4.78, 5) is 0. The van der Waals surface area contributed by atoms with Crippen molar-refractivity contribution in [2.24, 2.45) is 5.73 Å². The van der Waals surface area contributed by atoms with Crippen LogP contribution in [0.5, 0.6) is 0 Å². The number of aryl methyl sites for hydroxylation is 1. The Morgan fingerprint density at radius 2 is 2.14 bits per heavy atom. The Morgan fingerprint density at radius 3 is 2.86 bits per heavy atom. The summed E-state index contributed by atoms with van der Waals surface area (Å²) in [5, 5.41) is 9.48. The van der Waals surface area contributed by atoms with Crippen LogP contribution in [0.2, 0.25) is 0 Å². The lowest BCUT2D eigenvalue weighted by Gasteiger charge is -2.18. The molecule has 0 amide bonds. The van der Waals surface area contributed by atoms with E-state index in [1.54, 1.807) is 6.92 Å². The Hall–Kier alpha value is -0.860. The molecule has 0 aliphatic heterocycles. The number of benzene rings is 1. The molecule has 0 heterocycles. The molecule has 2 heteroatoms.